The molecule has 2 N–H and O–H groups in total. The van der Waals surface area contributed by atoms with Gasteiger partial charge in [-0.1, -0.05) is 13.3 Å². The standard InChI is InChI=1S/C17H24N2O2S/c1-3-4-10-22-12(2)17(21)18-14-8-9-15-13(11-14)6-5-7-16(20)19-15/h8-9,11-12H,3-7,10H2,1-2H3,(H,18,21)(H,19,20)/t12-/m0/s1. The number of aryl methyl sites for hydroxylation is 1. The van der Waals surface area contributed by atoms with Crippen molar-refractivity contribution in [2.45, 2.75) is 51.2 Å². The number of rotatable bonds is 6. The molecule has 1 aromatic carbocycles. The van der Waals surface area contributed by atoms with Crippen LogP contribution in [0, 0.1) is 0 Å². The first-order valence-corrected chi connectivity index (χ1v) is 9.00. The zero-order valence-corrected chi connectivity index (χ0v) is 14.1. The van der Waals surface area contributed by atoms with E-state index in [1.807, 2.05) is 25.1 Å². The molecule has 5 heteroatoms. The van der Waals surface area contributed by atoms with Crippen LogP contribution in [0.4, 0.5) is 11.4 Å². The van der Waals surface area contributed by atoms with Crippen molar-refractivity contribution in [2.75, 3.05) is 16.4 Å². The minimum atomic E-state index is -0.0509. The molecule has 0 aliphatic carbocycles. The van der Waals surface area contributed by atoms with Crippen molar-refractivity contribution in [1.82, 2.24) is 0 Å². The Kier molecular flexibility index (Phi) is 6.31. The Bertz CT molecular complexity index is 545. The van der Waals surface area contributed by atoms with Crippen molar-refractivity contribution in [3.05, 3.63) is 23.8 Å². The molecule has 0 radical (unpaired) electrons. The summed E-state index contributed by atoms with van der Waals surface area (Å²) in [6.07, 6.45) is 4.55. The number of hydrogen-bond acceptors (Lipinski definition) is 3. The third-order valence-corrected chi connectivity index (χ3v) is 4.97. The van der Waals surface area contributed by atoms with Crippen LogP contribution < -0.4 is 10.6 Å². The van der Waals surface area contributed by atoms with E-state index in [0.717, 1.165) is 48.4 Å². The summed E-state index contributed by atoms with van der Waals surface area (Å²) in [5.74, 6) is 1.12. The van der Waals surface area contributed by atoms with Gasteiger partial charge in [-0.05, 0) is 55.7 Å². The van der Waals surface area contributed by atoms with Gasteiger partial charge in [0.1, 0.15) is 0 Å². The van der Waals surface area contributed by atoms with Gasteiger partial charge in [-0.15, -0.1) is 11.8 Å². The molecule has 2 amide bonds. The molecule has 0 saturated heterocycles. The average Bonchev–Trinajstić information content (AvgIpc) is 2.67. The van der Waals surface area contributed by atoms with Gasteiger partial charge in [0.15, 0.2) is 0 Å². The van der Waals surface area contributed by atoms with Crippen LogP contribution in [0.1, 0.15) is 45.1 Å². The minimum Gasteiger partial charge on any atom is -0.326 e. The lowest BCUT2D eigenvalue weighted by Crippen LogP contribution is -2.23. The van der Waals surface area contributed by atoms with Gasteiger partial charge in [0.2, 0.25) is 11.8 Å². The maximum Gasteiger partial charge on any atom is 0.237 e. The molecule has 0 aromatic heterocycles. The highest BCUT2D eigenvalue weighted by Crippen LogP contribution is 2.26. The van der Waals surface area contributed by atoms with Crippen LogP contribution in [0.3, 0.4) is 0 Å². The summed E-state index contributed by atoms with van der Waals surface area (Å²) in [7, 11) is 0. The second kappa shape index (κ2) is 8.22. The summed E-state index contributed by atoms with van der Waals surface area (Å²) in [6.45, 7) is 4.10. The number of benzene rings is 1. The highest BCUT2D eigenvalue weighted by molar-refractivity contribution is 8.00. The van der Waals surface area contributed by atoms with Crippen LogP contribution in [-0.2, 0) is 16.0 Å². The van der Waals surface area contributed by atoms with E-state index in [0.29, 0.717) is 6.42 Å². The number of thioether (sulfide) groups is 1. The third-order valence-electron chi connectivity index (χ3n) is 3.73. The fourth-order valence-electron chi connectivity index (χ4n) is 2.38. The van der Waals surface area contributed by atoms with Crippen LogP contribution >= 0.6 is 11.8 Å². The lowest BCUT2D eigenvalue weighted by atomic mass is 10.1. The van der Waals surface area contributed by atoms with Crippen molar-refractivity contribution in [3.8, 4) is 0 Å². The number of carbonyl (C=O) groups excluding carboxylic acids is 2. The first kappa shape index (κ1) is 16.9. The number of fused-ring (bicyclic) bond motifs is 1. The van der Waals surface area contributed by atoms with Crippen LogP contribution in [0.2, 0.25) is 0 Å². The molecule has 0 saturated carbocycles. The van der Waals surface area contributed by atoms with Crippen LogP contribution in [0.15, 0.2) is 18.2 Å². The summed E-state index contributed by atoms with van der Waals surface area (Å²) < 4.78 is 0. The number of carbonyl (C=O) groups is 2. The summed E-state index contributed by atoms with van der Waals surface area (Å²) in [5.41, 5.74) is 2.77. The Morgan fingerprint density at radius 2 is 2.23 bits per heavy atom. The third kappa shape index (κ3) is 4.77. The Morgan fingerprint density at radius 1 is 1.41 bits per heavy atom. The highest BCUT2D eigenvalue weighted by Gasteiger charge is 2.16. The molecule has 2 rings (SSSR count). The zero-order chi connectivity index (χ0) is 15.9. The van der Waals surface area contributed by atoms with E-state index < -0.39 is 0 Å². The summed E-state index contributed by atoms with van der Waals surface area (Å²) in [6, 6.07) is 5.71. The SMILES string of the molecule is CCCCS[C@@H](C)C(=O)Nc1ccc2c(c1)CCCC(=O)N2. The normalized spacial score (nSPS) is 15.5. The van der Waals surface area contributed by atoms with Crippen LogP contribution in [0.25, 0.3) is 0 Å². The van der Waals surface area contributed by atoms with Crippen molar-refractivity contribution in [1.29, 1.82) is 0 Å². The maximum atomic E-state index is 12.2. The molecule has 0 bridgehead atoms. The molecule has 1 heterocycles. The van der Waals surface area contributed by atoms with E-state index in [2.05, 4.69) is 17.6 Å². The van der Waals surface area contributed by atoms with Gasteiger partial charge in [0, 0.05) is 17.8 Å². The monoisotopic (exact) mass is 320 g/mol. The van der Waals surface area contributed by atoms with Gasteiger partial charge in [0.05, 0.1) is 5.25 Å². The molecular formula is C17H24N2O2S. The molecule has 1 aliphatic rings. The van der Waals surface area contributed by atoms with E-state index in [1.54, 1.807) is 11.8 Å². The molecule has 120 valence electrons. The second-order valence-electron chi connectivity index (χ2n) is 5.63. The van der Waals surface area contributed by atoms with E-state index in [-0.39, 0.29) is 17.1 Å². The number of unbranched alkanes of at least 4 members (excludes halogenated alkanes) is 1. The van der Waals surface area contributed by atoms with Gasteiger partial charge < -0.3 is 10.6 Å². The lowest BCUT2D eigenvalue weighted by molar-refractivity contribution is -0.116. The van der Waals surface area contributed by atoms with Gasteiger partial charge >= 0.3 is 0 Å². The highest BCUT2D eigenvalue weighted by atomic mass is 32.2. The fraction of sp³-hybridized carbons (Fsp3) is 0.529. The molecule has 4 nitrogen and oxygen atoms in total. The largest absolute Gasteiger partial charge is 0.326 e. The van der Waals surface area contributed by atoms with E-state index in [1.165, 1.54) is 0 Å². The van der Waals surface area contributed by atoms with Gasteiger partial charge in [0.25, 0.3) is 0 Å². The van der Waals surface area contributed by atoms with Crippen molar-refractivity contribution >= 4 is 35.0 Å². The molecule has 1 aromatic rings. The first-order valence-electron chi connectivity index (χ1n) is 7.95. The predicted molar refractivity (Wildman–Crippen MR) is 93.5 cm³/mol. The van der Waals surface area contributed by atoms with Crippen LogP contribution in [-0.4, -0.2) is 22.8 Å². The number of anilines is 2. The second-order valence-corrected chi connectivity index (χ2v) is 7.08. The lowest BCUT2D eigenvalue weighted by Gasteiger charge is -2.14. The van der Waals surface area contributed by atoms with E-state index in [4.69, 9.17) is 0 Å². The topological polar surface area (TPSA) is 58.2 Å². The Morgan fingerprint density at radius 3 is 3.00 bits per heavy atom. The zero-order valence-electron chi connectivity index (χ0n) is 13.3. The van der Waals surface area contributed by atoms with Crippen molar-refractivity contribution < 1.29 is 9.59 Å². The molecule has 0 fully saturated rings. The van der Waals surface area contributed by atoms with Gasteiger partial charge in [-0.25, -0.2) is 0 Å². The summed E-state index contributed by atoms with van der Waals surface area (Å²) >= 11 is 1.69. The fourth-order valence-corrected chi connectivity index (χ4v) is 3.40. The smallest absolute Gasteiger partial charge is 0.237 e. The molecule has 1 atom stereocenters. The number of nitrogens with one attached hydrogen (secondary N) is 2. The van der Waals surface area contributed by atoms with Crippen LogP contribution in [0.5, 0.6) is 0 Å². The molecule has 0 unspecified atom stereocenters. The average molecular weight is 320 g/mol. The molecule has 22 heavy (non-hydrogen) atoms. The quantitative estimate of drug-likeness (QED) is 0.783. The van der Waals surface area contributed by atoms with E-state index >= 15 is 0 Å². The maximum absolute atomic E-state index is 12.2. The van der Waals surface area contributed by atoms with Crippen molar-refractivity contribution in [3.63, 3.8) is 0 Å². The van der Waals surface area contributed by atoms with E-state index in [9.17, 15) is 9.59 Å². The summed E-state index contributed by atoms with van der Waals surface area (Å²) in [4.78, 5) is 23.7. The molecular weight excluding hydrogens is 296 g/mol. The summed E-state index contributed by atoms with van der Waals surface area (Å²) in [5, 5.41) is 5.83. The van der Waals surface area contributed by atoms with Crippen molar-refractivity contribution in [2.24, 2.45) is 0 Å². The Balaban J connectivity index is 1.97. The number of amides is 2. The Hall–Kier alpha value is -1.49. The molecule has 1 aliphatic heterocycles. The minimum absolute atomic E-state index is 0.0405. The van der Waals surface area contributed by atoms with Gasteiger partial charge in [-0.2, -0.15) is 0 Å². The van der Waals surface area contributed by atoms with Gasteiger partial charge in [-0.3, -0.25) is 9.59 Å². The first-order chi connectivity index (χ1) is 10.6. The predicted octanol–water partition coefficient (Wildman–Crippen LogP) is 3.82. The number of hydrogen-bond donors (Lipinski definition) is 2. The molecule has 0 spiro atoms. The Labute approximate surface area is 136 Å².